The van der Waals surface area contributed by atoms with E-state index >= 15 is 0 Å². The molecular weight excluding hydrogens is 258 g/mol. The maximum Gasteiger partial charge on any atom is 0.123 e. The Morgan fingerprint density at radius 1 is 1.05 bits per heavy atom. The minimum Gasteiger partial charge on any atom is -0.496 e. The topological polar surface area (TPSA) is 51.2 Å². The lowest BCUT2D eigenvalue weighted by Gasteiger charge is -2.23. The van der Waals surface area contributed by atoms with E-state index in [2.05, 4.69) is 4.90 Å². The van der Waals surface area contributed by atoms with Gasteiger partial charge in [0.25, 0.3) is 0 Å². The minimum atomic E-state index is 0.0349. The molecule has 0 heterocycles. The summed E-state index contributed by atoms with van der Waals surface area (Å²) in [7, 11) is 5.05. The first-order valence-electron chi connectivity index (χ1n) is 6.72. The number of aliphatic hydroxyl groups is 1. The first-order valence-corrected chi connectivity index (χ1v) is 6.72. The summed E-state index contributed by atoms with van der Waals surface area (Å²) in [6.07, 6.45) is 0. The molecule has 5 nitrogen and oxygen atoms in total. The molecule has 0 aliphatic heterocycles. The van der Waals surface area contributed by atoms with Gasteiger partial charge in [0.05, 0.1) is 26.9 Å². The van der Waals surface area contributed by atoms with Crippen molar-refractivity contribution in [1.82, 2.24) is 4.90 Å². The van der Waals surface area contributed by atoms with Crippen LogP contribution in [0.3, 0.4) is 0 Å². The van der Waals surface area contributed by atoms with Gasteiger partial charge in [0, 0.05) is 39.4 Å². The van der Waals surface area contributed by atoms with Crippen molar-refractivity contribution in [3.05, 3.63) is 29.3 Å². The van der Waals surface area contributed by atoms with Crippen LogP contribution in [0.25, 0.3) is 0 Å². The Morgan fingerprint density at radius 3 is 2.20 bits per heavy atom. The van der Waals surface area contributed by atoms with Gasteiger partial charge < -0.3 is 19.3 Å². The Bertz CT molecular complexity index is 376. The first kappa shape index (κ1) is 16.9. The second kappa shape index (κ2) is 9.72. The number of benzene rings is 1. The molecule has 114 valence electrons. The van der Waals surface area contributed by atoms with Crippen molar-refractivity contribution >= 4 is 0 Å². The Balaban J connectivity index is 2.78. The number of methoxy groups -OCH3 is 3. The van der Waals surface area contributed by atoms with Crippen LogP contribution >= 0.6 is 0 Å². The lowest BCUT2D eigenvalue weighted by Crippen LogP contribution is -2.30. The van der Waals surface area contributed by atoms with Gasteiger partial charge in [0.1, 0.15) is 5.75 Å². The third-order valence-electron chi connectivity index (χ3n) is 3.14. The fraction of sp³-hybridized carbons (Fsp3) is 0.600. The lowest BCUT2D eigenvalue weighted by molar-refractivity contribution is 0.109. The molecule has 1 N–H and O–H groups in total. The highest BCUT2D eigenvalue weighted by Crippen LogP contribution is 2.21. The summed E-state index contributed by atoms with van der Waals surface area (Å²) in [6, 6.07) is 5.74. The second-order valence-electron chi connectivity index (χ2n) is 4.57. The van der Waals surface area contributed by atoms with E-state index in [0.717, 1.165) is 36.5 Å². The van der Waals surface area contributed by atoms with Crippen molar-refractivity contribution in [2.75, 3.05) is 47.6 Å². The standard InChI is InChI=1S/C15H25NO4/c1-18-8-6-16(7-9-19-2)11-14-10-13(12-17)4-5-15(14)20-3/h4-5,10,17H,6-9,11-12H2,1-3H3. The maximum atomic E-state index is 9.25. The molecule has 0 aliphatic carbocycles. The number of hydrogen-bond acceptors (Lipinski definition) is 5. The van der Waals surface area contributed by atoms with Crippen LogP contribution in [0.1, 0.15) is 11.1 Å². The normalized spacial score (nSPS) is 11.1. The molecule has 0 aromatic heterocycles. The molecule has 0 spiro atoms. The summed E-state index contributed by atoms with van der Waals surface area (Å²) < 4.78 is 15.7. The molecule has 0 saturated carbocycles. The predicted octanol–water partition coefficient (Wildman–Crippen LogP) is 1.28. The summed E-state index contributed by atoms with van der Waals surface area (Å²) >= 11 is 0. The van der Waals surface area contributed by atoms with Gasteiger partial charge in [-0.05, 0) is 17.7 Å². The van der Waals surface area contributed by atoms with E-state index in [0.29, 0.717) is 13.2 Å². The second-order valence-corrected chi connectivity index (χ2v) is 4.57. The molecule has 5 heteroatoms. The Morgan fingerprint density at radius 2 is 1.70 bits per heavy atom. The average Bonchev–Trinajstić information content (AvgIpc) is 2.49. The van der Waals surface area contributed by atoms with Crippen molar-refractivity contribution in [2.45, 2.75) is 13.2 Å². The van der Waals surface area contributed by atoms with Crippen LogP contribution < -0.4 is 4.74 Å². The minimum absolute atomic E-state index is 0.0349. The molecule has 1 aromatic carbocycles. The zero-order chi connectivity index (χ0) is 14.8. The number of rotatable bonds is 10. The molecule has 0 saturated heterocycles. The van der Waals surface area contributed by atoms with Crippen molar-refractivity contribution in [3.8, 4) is 5.75 Å². The van der Waals surface area contributed by atoms with Gasteiger partial charge in [-0.2, -0.15) is 0 Å². The predicted molar refractivity (Wildman–Crippen MR) is 77.9 cm³/mol. The van der Waals surface area contributed by atoms with Crippen LogP contribution in [0.2, 0.25) is 0 Å². The van der Waals surface area contributed by atoms with E-state index in [1.165, 1.54) is 0 Å². The Kier molecular flexibility index (Phi) is 8.22. The van der Waals surface area contributed by atoms with E-state index in [1.807, 2.05) is 18.2 Å². The Hall–Kier alpha value is -1.14. The SMILES string of the molecule is COCCN(CCOC)Cc1cc(CO)ccc1OC. The monoisotopic (exact) mass is 283 g/mol. The molecule has 1 aromatic rings. The largest absolute Gasteiger partial charge is 0.496 e. The molecule has 0 amide bonds. The number of aliphatic hydroxyl groups excluding tert-OH is 1. The highest BCUT2D eigenvalue weighted by atomic mass is 16.5. The number of nitrogens with zero attached hydrogens (tertiary/aromatic N) is 1. The van der Waals surface area contributed by atoms with E-state index in [9.17, 15) is 5.11 Å². The van der Waals surface area contributed by atoms with Crippen LogP contribution in [0.5, 0.6) is 5.75 Å². The van der Waals surface area contributed by atoms with Crippen LogP contribution in [-0.4, -0.2) is 57.6 Å². The van der Waals surface area contributed by atoms with E-state index < -0.39 is 0 Å². The van der Waals surface area contributed by atoms with Crippen molar-refractivity contribution in [3.63, 3.8) is 0 Å². The molecular formula is C15H25NO4. The molecule has 0 atom stereocenters. The number of ether oxygens (including phenoxy) is 3. The number of hydrogen-bond donors (Lipinski definition) is 1. The van der Waals surface area contributed by atoms with Crippen molar-refractivity contribution < 1.29 is 19.3 Å². The average molecular weight is 283 g/mol. The third-order valence-corrected chi connectivity index (χ3v) is 3.14. The summed E-state index contributed by atoms with van der Waals surface area (Å²) in [5.41, 5.74) is 1.95. The van der Waals surface area contributed by atoms with Crippen molar-refractivity contribution in [2.24, 2.45) is 0 Å². The third kappa shape index (κ3) is 5.46. The van der Waals surface area contributed by atoms with Gasteiger partial charge in [-0.1, -0.05) is 6.07 Å². The molecule has 0 radical (unpaired) electrons. The summed E-state index contributed by atoms with van der Waals surface area (Å²) in [5.74, 6) is 0.835. The maximum absolute atomic E-state index is 9.25. The molecule has 0 aliphatic rings. The zero-order valence-electron chi connectivity index (χ0n) is 12.6. The van der Waals surface area contributed by atoms with Gasteiger partial charge in [-0.15, -0.1) is 0 Å². The fourth-order valence-electron chi connectivity index (χ4n) is 2.01. The van der Waals surface area contributed by atoms with Gasteiger partial charge >= 0.3 is 0 Å². The smallest absolute Gasteiger partial charge is 0.123 e. The highest BCUT2D eigenvalue weighted by Gasteiger charge is 2.10. The van der Waals surface area contributed by atoms with Crippen LogP contribution in [-0.2, 0) is 22.6 Å². The Labute approximate surface area is 121 Å². The molecule has 0 bridgehead atoms. The fourth-order valence-corrected chi connectivity index (χ4v) is 2.01. The van der Waals surface area contributed by atoms with Gasteiger partial charge in [-0.3, -0.25) is 4.90 Å². The zero-order valence-corrected chi connectivity index (χ0v) is 12.6. The summed E-state index contributed by atoms with van der Waals surface area (Å²) in [5, 5.41) is 9.25. The van der Waals surface area contributed by atoms with E-state index in [-0.39, 0.29) is 6.61 Å². The van der Waals surface area contributed by atoms with Gasteiger partial charge in [-0.25, -0.2) is 0 Å². The van der Waals surface area contributed by atoms with E-state index in [1.54, 1.807) is 21.3 Å². The van der Waals surface area contributed by atoms with Crippen LogP contribution in [0.4, 0.5) is 0 Å². The lowest BCUT2D eigenvalue weighted by atomic mass is 10.1. The first-order chi connectivity index (χ1) is 9.74. The summed E-state index contributed by atoms with van der Waals surface area (Å²) in [6.45, 7) is 3.77. The van der Waals surface area contributed by atoms with Gasteiger partial charge in [0.15, 0.2) is 0 Å². The molecule has 0 unspecified atom stereocenters. The summed E-state index contributed by atoms with van der Waals surface area (Å²) in [4.78, 5) is 2.24. The van der Waals surface area contributed by atoms with Crippen LogP contribution in [0, 0.1) is 0 Å². The van der Waals surface area contributed by atoms with Crippen LogP contribution in [0.15, 0.2) is 18.2 Å². The van der Waals surface area contributed by atoms with Gasteiger partial charge in [0.2, 0.25) is 0 Å². The van der Waals surface area contributed by atoms with E-state index in [4.69, 9.17) is 14.2 Å². The highest BCUT2D eigenvalue weighted by molar-refractivity contribution is 5.37. The van der Waals surface area contributed by atoms with Crippen molar-refractivity contribution in [1.29, 1.82) is 0 Å². The quantitative estimate of drug-likeness (QED) is 0.701. The molecule has 20 heavy (non-hydrogen) atoms. The molecule has 1 rings (SSSR count). The molecule has 0 fully saturated rings.